The second kappa shape index (κ2) is 8.91. The summed E-state index contributed by atoms with van der Waals surface area (Å²) < 4.78 is 41.7. The van der Waals surface area contributed by atoms with Crippen molar-refractivity contribution in [2.24, 2.45) is 0 Å². The van der Waals surface area contributed by atoms with E-state index in [1.807, 2.05) is 12.1 Å². The SMILES string of the molecule is CCCCCCCc1ccc2c(ccc3cc(-c4ccc(F)c(F)c4)c(F)cc32)c1. The third-order valence-corrected chi connectivity index (χ3v) is 5.79. The Morgan fingerprint density at radius 3 is 2.13 bits per heavy atom. The molecule has 0 N–H and O–H groups in total. The molecule has 4 aromatic carbocycles. The smallest absolute Gasteiger partial charge is 0.159 e. The Hall–Kier alpha value is -2.81. The Morgan fingerprint density at radius 1 is 0.600 bits per heavy atom. The predicted octanol–water partition coefficient (Wildman–Crippen LogP) is 8.59. The second-order valence-corrected chi connectivity index (χ2v) is 7.97. The highest BCUT2D eigenvalue weighted by atomic mass is 19.2. The normalized spacial score (nSPS) is 11.5. The molecule has 154 valence electrons. The van der Waals surface area contributed by atoms with Gasteiger partial charge >= 0.3 is 0 Å². The van der Waals surface area contributed by atoms with Crippen LogP contribution in [0.2, 0.25) is 0 Å². The highest BCUT2D eigenvalue weighted by Gasteiger charge is 2.12. The standard InChI is InChI=1S/C27H25F3/c1-2-3-4-5-6-7-18-8-12-22-19(14-18)9-10-20-15-24(26(29)17-23(20)22)21-11-13-25(28)27(30)16-21/h8-17H,2-7H2,1H3. The largest absolute Gasteiger partial charge is 0.206 e. The lowest BCUT2D eigenvalue weighted by molar-refractivity contribution is 0.509. The Bertz CT molecular complexity index is 1190. The quantitative estimate of drug-likeness (QED) is 0.213. The van der Waals surface area contributed by atoms with E-state index in [4.69, 9.17) is 0 Å². The summed E-state index contributed by atoms with van der Waals surface area (Å²) in [4.78, 5) is 0. The van der Waals surface area contributed by atoms with Crippen LogP contribution in [0.1, 0.15) is 44.6 Å². The molecule has 0 aliphatic heterocycles. The van der Waals surface area contributed by atoms with Crippen LogP contribution in [0.3, 0.4) is 0 Å². The molecule has 0 saturated carbocycles. The highest BCUT2D eigenvalue weighted by Crippen LogP contribution is 2.33. The van der Waals surface area contributed by atoms with Gasteiger partial charge in [-0.3, -0.25) is 0 Å². The van der Waals surface area contributed by atoms with Crippen LogP contribution in [0, 0.1) is 17.5 Å². The van der Waals surface area contributed by atoms with Gasteiger partial charge < -0.3 is 0 Å². The van der Waals surface area contributed by atoms with Gasteiger partial charge in [0.1, 0.15) is 5.82 Å². The monoisotopic (exact) mass is 406 g/mol. The molecule has 0 aliphatic rings. The number of halogens is 3. The maximum Gasteiger partial charge on any atom is 0.159 e. The number of rotatable bonds is 7. The zero-order valence-corrected chi connectivity index (χ0v) is 17.2. The van der Waals surface area contributed by atoms with Crippen LogP contribution in [0.25, 0.3) is 32.7 Å². The fourth-order valence-electron chi connectivity index (χ4n) is 4.11. The fraction of sp³-hybridized carbons (Fsp3) is 0.259. The summed E-state index contributed by atoms with van der Waals surface area (Å²) in [7, 11) is 0. The van der Waals surface area contributed by atoms with Gasteiger partial charge in [-0.1, -0.05) is 69.0 Å². The van der Waals surface area contributed by atoms with Gasteiger partial charge in [0.2, 0.25) is 0 Å². The van der Waals surface area contributed by atoms with Crippen LogP contribution in [-0.2, 0) is 6.42 Å². The molecule has 0 nitrogen and oxygen atoms in total. The van der Waals surface area contributed by atoms with E-state index in [0.717, 1.165) is 40.1 Å². The third kappa shape index (κ3) is 4.21. The predicted molar refractivity (Wildman–Crippen MR) is 119 cm³/mol. The van der Waals surface area contributed by atoms with Gasteiger partial charge in [-0.25, -0.2) is 13.2 Å². The Kier molecular flexibility index (Phi) is 6.08. The van der Waals surface area contributed by atoms with E-state index in [-0.39, 0.29) is 5.56 Å². The highest BCUT2D eigenvalue weighted by molar-refractivity contribution is 6.08. The van der Waals surface area contributed by atoms with Crippen molar-refractivity contribution in [2.45, 2.75) is 45.4 Å². The van der Waals surface area contributed by atoms with Gasteiger partial charge in [-0.15, -0.1) is 0 Å². The molecule has 0 saturated heterocycles. The Morgan fingerprint density at radius 2 is 1.37 bits per heavy atom. The van der Waals surface area contributed by atoms with E-state index >= 15 is 0 Å². The molecule has 0 heterocycles. The number of benzene rings is 4. The van der Waals surface area contributed by atoms with Gasteiger partial charge in [-0.05, 0) is 69.8 Å². The van der Waals surface area contributed by atoms with E-state index in [2.05, 4.69) is 25.1 Å². The van der Waals surface area contributed by atoms with Crippen LogP contribution in [0.4, 0.5) is 13.2 Å². The van der Waals surface area contributed by atoms with Crippen molar-refractivity contribution in [2.75, 3.05) is 0 Å². The molecule has 4 aromatic rings. The molecular formula is C27H25F3. The summed E-state index contributed by atoms with van der Waals surface area (Å²) in [6, 6.07) is 17.1. The van der Waals surface area contributed by atoms with Crippen LogP contribution in [0.5, 0.6) is 0 Å². The van der Waals surface area contributed by atoms with Crippen molar-refractivity contribution in [3.05, 3.63) is 83.7 Å². The molecule has 4 rings (SSSR count). The summed E-state index contributed by atoms with van der Waals surface area (Å²) in [5, 5.41) is 3.79. The van der Waals surface area contributed by atoms with E-state index in [1.165, 1.54) is 49.8 Å². The van der Waals surface area contributed by atoms with Crippen LogP contribution >= 0.6 is 0 Å². The molecule has 0 bridgehead atoms. The maximum absolute atomic E-state index is 14.9. The minimum Gasteiger partial charge on any atom is -0.206 e. The van der Waals surface area contributed by atoms with Crippen molar-refractivity contribution in [1.29, 1.82) is 0 Å². The van der Waals surface area contributed by atoms with Gasteiger partial charge in [0.05, 0.1) is 0 Å². The lowest BCUT2D eigenvalue weighted by atomic mass is 9.95. The van der Waals surface area contributed by atoms with Crippen LogP contribution in [0.15, 0.2) is 60.7 Å². The molecular weight excluding hydrogens is 381 g/mol. The lowest BCUT2D eigenvalue weighted by Gasteiger charge is -2.10. The first-order valence-corrected chi connectivity index (χ1v) is 10.7. The number of hydrogen-bond acceptors (Lipinski definition) is 0. The molecule has 0 aliphatic carbocycles. The van der Waals surface area contributed by atoms with E-state index < -0.39 is 17.5 Å². The van der Waals surface area contributed by atoms with Crippen molar-refractivity contribution in [1.82, 2.24) is 0 Å². The molecule has 3 heteroatoms. The van der Waals surface area contributed by atoms with Crippen molar-refractivity contribution in [3.8, 4) is 11.1 Å². The summed E-state index contributed by atoms with van der Waals surface area (Å²) in [5.41, 5.74) is 1.90. The second-order valence-electron chi connectivity index (χ2n) is 7.97. The van der Waals surface area contributed by atoms with Gasteiger partial charge in [0.15, 0.2) is 11.6 Å². The number of aryl methyl sites for hydroxylation is 1. The van der Waals surface area contributed by atoms with Crippen molar-refractivity contribution in [3.63, 3.8) is 0 Å². The molecule has 0 fully saturated rings. The molecule has 0 aromatic heterocycles. The first-order valence-electron chi connectivity index (χ1n) is 10.7. The summed E-state index contributed by atoms with van der Waals surface area (Å²) in [6.45, 7) is 2.22. The third-order valence-electron chi connectivity index (χ3n) is 5.79. The van der Waals surface area contributed by atoms with E-state index in [1.54, 1.807) is 6.07 Å². The van der Waals surface area contributed by atoms with Crippen LogP contribution in [-0.4, -0.2) is 0 Å². The fourth-order valence-corrected chi connectivity index (χ4v) is 4.11. The maximum atomic E-state index is 14.9. The molecule has 0 radical (unpaired) electrons. The first-order chi connectivity index (χ1) is 14.6. The van der Waals surface area contributed by atoms with E-state index in [9.17, 15) is 13.2 Å². The van der Waals surface area contributed by atoms with Gasteiger partial charge in [0, 0.05) is 5.56 Å². The molecule has 0 unspecified atom stereocenters. The minimum atomic E-state index is -0.979. The molecule has 0 atom stereocenters. The van der Waals surface area contributed by atoms with Gasteiger partial charge in [0.25, 0.3) is 0 Å². The molecule has 30 heavy (non-hydrogen) atoms. The zero-order valence-electron chi connectivity index (χ0n) is 17.2. The summed E-state index contributed by atoms with van der Waals surface area (Å²) in [6.07, 6.45) is 7.32. The summed E-state index contributed by atoms with van der Waals surface area (Å²) >= 11 is 0. The first kappa shape index (κ1) is 20.5. The average molecular weight is 406 g/mol. The minimum absolute atomic E-state index is 0.268. The molecule has 0 spiro atoms. The Labute approximate surface area is 175 Å². The molecule has 0 amide bonds. The lowest BCUT2D eigenvalue weighted by Crippen LogP contribution is -1.91. The average Bonchev–Trinajstić information content (AvgIpc) is 2.75. The number of unbranched alkanes of at least 4 members (excludes halogenated alkanes) is 4. The van der Waals surface area contributed by atoms with E-state index in [0.29, 0.717) is 5.56 Å². The number of hydrogen-bond donors (Lipinski definition) is 0. The topological polar surface area (TPSA) is 0 Å². The van der Waals surface area contributed by atoms with Crippen LogP contribution < -0.4 is 0 Å². The van der Waals surface area contributed by atoms with Gasteiger partial charge in [-0.2, -0.15) is 0 Å². The van der Waals surface area contributed by atoms with Crippen molar-refractivity contribution >= 4 is 21.5 Å². The zero-order chi connectivity index (χ0) is 21.1. The summed E-state index contributed by atoms with van der Waals surface area (Å²) in [5.74, 6) is -2.36. The van der Waals surface area contributed by atoms with Crippen molar-refractivity contribution < 1.29 is 13.2 Å². The number of fused-ring (bicyclic) bond motifs is 3. The Balaban J connectivity index is 1.66.